The van der Waals surface area contributed by atoms with E-state index in [0.29, 0.717) is 19.0 Å². The number of hydrogen-bond acceptors (Lipinski definition) is 3. The minimum Gasteiger partial charge on any atom is -0.469 e. The van der Waals surface area contributed by atoms with Gasteiger partial charge in [-0.2, -0.15) is 0 Å². The molecular weight excluding hydrogens is 438 g/mol. The highest BCUT2D eigenvalue weighted by Crippen LogP contribution is 2.19. The molecule has 1 unspecified atom stereocenters. The second-order valence-electron chi connectivity index (χ2n) is 5.56. The molecule has 1 heterocycles. The SMILES string of the molecule is CN=C(NCCc1c[nH]c2cc(F)ccc12)NCC(C)C(=O)OC.I. The molecule has 6 nitrogen and oxygen atoms in total. The van der Waals surface area contributed by atoms with Gasteiger partial charge < -0.3 is 20.4 Å². The Morgan fingerprint density at radius 3 is 2.84 bits per heavy atom. The Hall–Kier alpha value is -1.84. The Kier molecular flexibility index (Phi) is 8.67. The number of H-pyrrole nitrogens is 1. The number of benzene rings is 1. The molecule has 0 fully saturated rings. The number of nitrogens with zero attached hydrogens (tertiary/aromatic N) is 1. The molecule has 3 N–H and O–H groups in total. The maximum atomic E-state index is 13.2. The van der Waals surface area contributed by atoms with E-state index >= 15 is 0 Å². The summed E-state index contributed by atoms with van der Waals surface area (Å²) in [5.74, 6) is -0.143. The van der Waals surface area contributed by atoms with Gasteiger partial charge in [0.25, 0.3) is 0 Å². The summed E-state index contributed by atoms with van der Waals surface area (Å²) < 4.78 is 17.9. The first kappa shape index (κ1) is 21.2. The van der Waals surface area contributed by atoms with Crippen LogP contribution in [-0.2, 0) is 16.0 Å². The fourth-order valence-electron chi connectivity index (χ4n) is 2.44. The Morgan fingerprint density at radius 1 is 1.40 bits per heavy atom. The van der Waals surface area contributed by atoms with Crippen molar-refractivity contribution in [1.29, 1.82) is 0 Å². The van der Waals surface area contributed by atoms with Crippen molar-refractivity contribution in [3.63, 3.8) is 0 Å². The molecule has 25 heavy (non-hydrogen) atoms. The molecule has 1 atom stereocenters. The first-order valence-electron chi connectivity index (χ1n) is 7.83. The molecule has 0 bridgehead atoms. The molecule has 0 saturated carbocycles. The van der Waals surface area contributed by atoms with Crippen molar-refractivity contribution in [2.24, 2.45) is 10.9 Å². The van der Waals surface area contributed by atoms with Crippen LogP contribution in [0.2, 0.25) is 0 Å². The summed E-state index contributed by atoms with van der Waals surface area (Å²) in [6.45, 7) is 2.90. The van der Waals surface area contributed by atoms with E-state index in [2.05, 4.69) is 25.3 Å². The zero-order valence-corrected chi connectivity index (χ0v) is 16.9. The summed E-state index contributed by atoms with van der Waals surface area (Å²) in [4.78, 5) is 18.6. The monoisotopic (exact) mass is 462 g/mol. The minimum atomic E-state index is -0.260. The number of ether oxygens (including phenoxy) is 1. The van der Waals surface area contributed by atoms with Gasteiger partial charge in [0.1, 0.15) is 5.82 Å². The lowest BCUT2D eigenvalue weighted by Crippen LogP contribution is -2.41. The number of aromatic nitrogens is 1. The summed E-state index contributed by atoms with van der Waals surface area (Å²) in [6.07, 6.45) is 2.65. The highest BCUT2D eigenvalue weighted by Gasteiger charge is 2.13. The molecular formula is C17H24FIN4O2. The number of guanidine groups is 1. The second-order valence-corrected chi connectivity index (χ2v) is 5.56. The van der Waals surface area contributed by atoms with E-state index in [0.717, 1.165) is 22.9 Å². The highest BCUT2D eigenvalue weighted by molar-refractivity contribution is 14.0. The first-order valence-corrected chi connectivity index (χ1v) is 7.83. The van der Waals surface area contributed by atoms with Crippen molar-refractivity contribution in [2.45, 2.75) is 13.3 Å². The number of esters is 1. The molecule has 0 radical (unpaired) electrons. The molecule has 0 spiro atoms. The van der Waals surface area contributed by atoms with E-state index in [4.69, 9.17) is 0 Å². The largest absolute Gasteiger partial charge is 0.469 e. The molecule has 1 aromatic heterocycles. The molecule has 1 aromatic carbocycles. The average Bonchev–Trinajstić information content (AvgIpc) is 2.98. The number of rotatable bonds is 6. The van der Waals surface area contributed by atoms with Crippen LogP contribution in [0.15, 0.2) is 29.4 Å². The van der Waals surface area contributed by atoms with Crippen LogP contribution in [0.5, 0.6) is 0 Å². The van der Waals surface area contributed by atoms with Crippen LogP contribution in [0.1, 0.15) is 12.5 Å². The summed E-state index contributed by atoms with van der Waals surface area (Å²) in [7, 11) is 3.05. The molecule has 2 rings (SSSR count). The summed E-state index contributed by atoms with van der Waals surface area (Å²) in [6, 6.07) is 4.73. The number of carbonyl (C=O) groups is 1. The maximum Gasteiger partial charge on any atom is 0.310 e. The number of halogens is 2. The Balaban J connectivity index is 0.00000312. The molecule has 0 saturated heterocycles. The molecule has 0 aliphatic carbocycles. The number of methoxy groups -OCH3 is 1. The molecule has 138 valence electrons. The number of nitrogens with one attached hydrogen (secondary N) is 3. The fraction of sp³-hybridized carbons (Fsp3) is 0.412. The molecule has 8 heteroatoms. The topological polar surface area (TPSA) is 78.5 Å². The summed E-state index contributed by atoms with van der Waals surface area (Å²) >= 11 is 0. The highest BCUT2D eigenvalue weighted by atomic mass is 127. The van der Waals surface area contributed by atoms with Crippen LogP contribution in [0.25, 0.3) is 10.9 Å². The third-order valence-electron chi connectivity index (χ3n) is 3.82. The van der Waals surface area contributed by atoms with Gasteiger partial charge in [0.15, 0.2) is 5.96 Å². The van der Waals surface area contributed by atoms with Gasteiger partial charge in [0.2, 0.25) is 0 Å². The van der Waals surface area contributed by atoms with Gasteiger partial charge >= 0.3 is 5.97 Å². The number of aliphatic imine (C=N–C) groups is 1. The lowest BCUT2D eigenvalue weighted by atomic mass is 10.1. The van der Waals surface area contributed by atoms with Crippen molar-refractivity contribution >= 4 is 46.8 Å². The lowest BCUT2D eigenvalue weighted by Gasteiger charge is -2.14. The second kappa shape index (κ2) is 10.2. The van der Waals surface area contributed by atoms with Gasteiger partial charge in [-0.25, -0.2) is 4.39 Å². The zero-order chi connectivity index (χ0) is 17.5. The van der Waals surface area contributed by atoms with Gasteiger partial charge in [0, 0.05) is 37.2 Å². The smallest absolute Gasteiger partial charge is 0.310 e. The van der Waals surface area contributed by atoms with E-state index in [-0.39, 0.29) is 41.7 Å². The Morgan fingerprint density at radius 2 is 2.16 bits per heavy atom. The Bertz CT molecular complexity index is 733. The molecule has 0 aliphatic heterocycles. The normalized spacial score (nSPS) is 12.4. The van der Waals surface area contributed by atoms with Crippen LogP contribution in [0.3, 0.4) is 0 Å². The third-order valence-corrected chi connectivity index (χ3v) is 3.82. The van der Waals surface area contributed by atoms with Crippen molar-refractivity contribution in [3.05, 3.63) is 35.8 Å². The van der Waals surface area contributed by atoms with Crippen molar-refractivity contribution < 1.29 is 13.9 Å². The van der Waals surface area contributed by atoms with Crippen LogP contribution in [0.4, 0.5) is 4.39 Å². The fourth-order valence-corrected chi connectivity index (χ4v) is 2.44. The number of carbonyl (C=O) groups excluding carboxylic acids is 1. The first-order chi connectivity index (χ1) is 11.5. The molecule has 0 amide bonds. The van der Waals surface area contributed by atoms with Crippen LogP contribution >= 0.6 is 24.0 Å². The van der Waals surface area contributed by atoms with Gasteiger partial charge in [-0.1, -0.05) is 6.92 Å². The van der Waals surface area contributed by atoms with Gasteiger partial charge in [-0.05, 0) is 30.2 Å². The predicted octanol–water partition coefficient (Wildman–Crippen LogP) is 2.44. The summed E-state index contributed by atoms with van der Waals surface area (Å²) in [5.41, 5.74) is 1.90. The summed E-state index contributed by atoms with van der Waals surface area (Å²) in [5, 5.41) is 7.30. The van der Waals surface area contributed by atoms with E-state index < -0.39 is 0 Å². The van der Waals surface area contributed by atoms with Crippen LogP contribution < -0.4 is 10.6 Å². The minimum absolute atomic E-state index is 0. The van der Waals surface area contributed by atoms with Gasteiger partial charge in [-0.3, -0.25) is 9.79 Å². The third kappa shape index (κ3) is 5.87. The van der Waals surface area contributed by atoms with E-state index in [1.165, 1.54) is 19.2 Å². The van der Waals surface area contributed by atoms with Gasteiger partial charge in [0.05, 0.1) is 13.0 Å². The standard InChI is InChI=1S/C17H23FN4O2.HI/c1-11(16(23)24-3)9-22-17(19-2)20-7-6-12-10-21-15-8-13(18)4-5-14(12)15;/h4-5,8,10-11,21H,6-7,9H2,1-3H3,(H2,19,20,22);1H. The zero-order valence-electron chi connectivity index (χ0n) is 14.6. The molecule has 2 aromatic rings. The maximum absolute atomic E-state index is 13.2. The van der Waals surface area contributed by atoms with E-state index in [9.17, 15) is 9.18 Å². The predicted molar refractivity (Wildman–Crippen MR) is 108 cm³/mol. The quantitative estimate of drug-likeness (QED) is 0.267. The van der Waals surface area contributed by atoms with Crippen LogP contribution in [-0.4, -0.2) is 44.2 Å². The molecule has 0 aliphatic rings. The Labute approximate surface area is 163 Å². The average molecular weight is 462 g/mol. The van der Waals surface area contributed by atoms with Crippen LogP contribution in [0, 0.1) is 11.7 Å². The van der Waals surface area contributed by atoms with Gasteiger partial charge in [-0.15, -0.1) is 24.0 Å². The van der Waals surface area contributed by atoms with Crippen molar-refractivity contribution in [3.8, 4) is 0 Å². The number of hydrogen-bond donors (Lipinski definition) is 3. The van der Waals surface area contributed by atoms with E-state index in [1.807, 2.05) is 6.20 Å². The van der Waals surface area contributed by atoms with Crippen molar-refractivity contribution in [1.82, 2.24) is 15.6 Å². The van der Waals surface area contributed by atoms with E-state index in [1.54, 1.807) is 20.0 Å². The number of aromatic amines is 1. The number of fused-ring (bicyclic) bond motifs is 1. The lowest BCUT2D eigenvalue weighted by molar-refractivity contribution is -0.144. The van der Waals surface area contributed by atoms with Crippen molar-refractivity contribution in [2.75, 3.05) is 27.2 Å².